The highest BCUT2D eigenvalue weighted by molar-refractivity contribution is 6.46. The molecular formula is C24H20N2O7. The maximum atomic E-state index is 13.0. The fourth-order valence-electron chi connectivity index (χ4n) is 3.76. The highest BCUT2D eigenvalue weighted by Crippen LogP contribution is 2.40. The molecule has 0 spiro atoms. The Morgan fingerprint density at radius 1 is 1.15 bits per heavy atom. The van der Waals surface area contributed by atoms with E-state index in [4.69, 9.17) is 9.15 Å². The number of nitro benzene ring substituents is 1. The summed E-state index contributed by atoms with van der Waals surface area (Å²) < 4.78 is 10.9. The molecule has 1 atom stereocenters. The molecule has 2 aromatic carbocycles. The van der Waals surface area contributed by atoms with Gasteiger partial charge in [0.25, 0.3) is 17.4 Å². The average Bonchev–Trinajstić information content (AvgIpc) is 3.43. The van der Waals surface area contributed by atoms with Gasteiger partial charge in [-0.3, -0.25) is 19.7 Å². The highest BCUT2D eigenvalue weighted by atomic mass is 16.6. The third kappa shape index (κ3) is 4.20. The summed E-state index contributed by atoms with van der Waals surface area (Å²) in [4.78, 5) is 37.8. The van der Waals surface area contributed by atoms with Crippen LogP contribution in [-0.2, 0) is 16.1 Å². The van der Waals surface area contributed by atoms with Gasteiger partial charge < -0.3 is 19.2 Å². The molecule has 1 amide bonds. The van der Waals surface area contributed by atoms with E-state index in [0.717, 1.165) is 11.6 Å². The highest BCUT2D eigenvalue weighted by Gasteiger charge is 2.47. The van der Waals surface area contributed by atoms with Crippen LogP contribution < -0.4 is 4.74 Å². The van der Waals surface area contributed by atoms with Gasteiger partial charge in [-0.2, -0.15) is 0 Å². The van der Waals surface area contributed by atoms with Crippen LogP contribution >= 0.6 is 0 Å². The zero-order valence-electron chi connectivity index (χ0n) is 17.6. The van der Waals surface area contributed by atoms with Gasteiger partial charge in [0.05, 0.1) is 23.4 Å². The van der Waals surface area contributed by atoms with Crippen LogP contribution in [0.5, 0.6) is 5.75 Å². The molecule has 1 unspecified atom stereocenters. The van der Waals surface area contributed by atoms with E-state index in [2.05, 4.69) is 0 Å². The summed E-state index contributed by atoms with van der Waals surface area (Å²) in [5.74, 6) is -1.25. The van der Waals surface area contributed by atoms with E-state index in [1.807, 2.05) is 6.92 Å². The molecule has 1 fully saturated rings. The van der Waals surface area contributed by atoms with Gasteiger partial charge in [0.15, 0.2) is 0 Å². The van der Waals surface area contributed by atoms with Crippen LogP contribution in [0.1, 0.15) is 29.9 Å². The van der Waals surface area contributed by atoms with Crippen LogP contribution in [-0.4, -0.2) is 33.2 Å². The molecule has 4 rings (SSSR count). The largest absolute Gasteiger partial charge is 0.507 e. The van der Waals surface area contributed by atoms with E-state index in [-0.39, 0.29) is 29.1 Å². The minimum absolute atomic E-state index is 0.0554. The molecule has 2 heterocycles. The van der Waals surface area contributed by atoms with Crippen molar-refractivity contribution in [2.75, 3.05) is 6.61 Å². The first-order valence-electron chi connectivity index (χ1n) is 10.2. The number of hydrogen-bond acceptors (Lipinski definition) is 7. The van der Waals surface area contributed by atoms with Crippen molar-refractivity contribution in [3.63, 3.8) is 0 Å². The van der Waals surface area contributed by atoms with Crippen molar-refractivity contribution < 1.29 is 28.8 Å². The number of rotatable bonds is 7. The number of likely N-dealkylation sites (tertiary alicyclic amines) is 1. The van der Waals surface area contributed by atoms with Crippen LogP contribution in [0.4, 0.5) is 5.69 Å². The second-order valence-electron chi connectivity index (χ2n) is 7.33. The monoisotopic (exact) mass is 448 g/mol. The Balaban J connectivity index is 1.77. The lowest BCUT2D eigenvalue weighted by atomic mass is 9.99. The maximum Gasteiger partial charge on any atom is 0.296 e. The summed E-state index contributed by atoms with van der Waals surface area (Å²) in [5, 5.41) is 22.1. The Bertz CT molecular complexity index is 1230. The minimum Gasteiger partial charge on any atom is -0.507 e. The summed E-state index contributed by atoms with van der Waals surface area (Å²) in [6.07, 6.45) is 1.40. The van der Waals surface area contributed by atoms with Gasteiger partial charge in [-0.25, -0.2) is 0 Å². The molecule has 3 aromatic rings. The molecule has 1 aliphatic rings. The number of nitrogens with zero attached hydrogens (tertiary/aromatic N) is 2. The quantitative estimate of drug-likeness (QED) is 0.189. The smallest absolute Gasteiger partial charge is 0.296 e. The van der Waals surface area contributed by atoms with Crippen molar-refractivity contribution in [2.45, 2.75) is 19.5 Å². The van der Waals surface area contributed by atoms with Crippen molar-refractivity contribution >= 4 is 23.1 Å². The number of hydrogen-bond donors (Lipinski definition) is 1. The predicted octanol–water partition coefficient (Wildman–Crippen LogP) is 4.21. The number of aliphatic hydroxyl groups is 1. The lowest BCUT2D eigenvalue weighted by molar-refractivity contribution is -0.384. The summed E-state index contributed by atoms with van der Waals surface area (Å²) in [5.41, 5.74) is 0.352. The van der Waals surface area contributed by atoms with Gasteiger partial charge in [0.2, 0.25) is 0 Å². The van der Waals surface area contributed by atoms with E-state index >= 15 is 0 Å². The molecule has 0 saturated carbocycles. The number of non-ortho nitro benzene ring substituents is 1. The van der Waals surface area contributed by atoms with E-state index in [9.17, 15) is 24.8 Å². The summed E-state index contributed by atoms with van der Waals surface area (Å²) >= 11 is 0. The van der Waals surface area contributed by atoms with Gasteiger partial charge in [-0.1, -0.05) is 24.3 Å². The third-order valence-electron chi connectivity index (χ3n) is 5.27. The second-order valence-corrected chi connectivity index (χ2v) is 7.33. The van der Waals surface area contributed by atoms with Crippen LogP contribution in [0.3, 0.4) is 0 Å². The molecule has 1 saturated heterocycles. The Morgan fingerprint density at radius 3 is 2.55 bits per heavy atom. The lowest BCUT2D eigenvalue weighted by Crippen LogP contribution is -2.29. The Morgan fingerprint density at radius 2 is 1.91 bits per heavy atom. The van der Waals surface area contributed by atoms with Crippen LogP contribution in [0.15, 0.2) is 76.9 Å². The SMILES string of the molecule is CCOc1ccc(CN2C(=O)C(=O)/C(=C(\O)c3cccc([N+](=O)[O-])c3)C2c2ccco2)cc1. The fraction of sp³-hybridized carbons (Fsp3) is 0.167. The van der Waals surface area contributed by atoms with Crippen LogP contribution in [0.25, 0.3) is 5.76 Å². The number of nitro groups is 1. The maximum absolute atomic E-state index is 13.0. The molecule has 9 heteroatoms. The molecular weight excluding hydrogens is 428 g/mol. The number of ketones is 1. The fourth-order valence-corrected chi connectivity index (χ4v) is 3.76. The van der Waals surface area contributed by atoms with Crippen LogP contribution in [0, 0.1) is 10.1 Å². The zero-order chi connectivity index (χ0) is 23.5. The number of aliphatic hydroxyl groups excluding tert-OH is 1. The molecule has 33 heavy (non-hydrogen) atoms. The molecule has 1 aliphatic heterocycles. The molecule has 0 bridgehead atoms. The van der Waals surface area contributed by atoms with Gasteiger partial charge in [-0.15, -0.1) is 0 Å². The van der Waals surface area contributed by atoms with E-state index in [1.165, 1.54) is 29.4 Å². The summed E-state index contributed by atoms with van der Waals surface area (Å²) in [7, 11) is 0. The van der Waals surface area contributed by atoms with Gasteiger partial charge in [-0.05, 0) is 36.8 Å². The zero-order valence-corrected chi connectivity index (χ0v) is 17.6. The second kappa shape index (κ2) is 8.99. The van der Waals surface area contributed by atoms with Gasteiger partial charge in [0.1, 0.15) is 23.3 Å². The van der Waals surface area contributed by atoms with Gasteiger partial charge >= 0.3 is 0 Å². The van der Waals surface area contributed by atoms with Crippen LogP contribution in [0.2, 0.25) is 0 Å². The standard InChI is InChI=1S/C24H20N2O7/c1-2-32-18-10-8-15(9-11-18)14-25-21(19-7-4-12-33-19)20(23(28)24(25)29)22(27)16-5-3-6-17(13-16)26(30)31/h3-13,21,27H,2,14H2,1H3/b22-20-. The number of amides is 1. The van der Waals surface area contributed by atoms with Crippen molar-refractivity contribution in [3.8, 4) is 5.75 Å². The predicted molar refractivity (Wildman–Crippen MR) is 117 cm³/mol. The first-order chi connectivity index (χ1) is 15.9. The number of benzene rings is 2. The molecule has 168 valence electrons. The lowest BCUT2D eigenvalue weighted by Gasteiger charge is -2.23. The van der Waals surface area contributed by atoms with E-state index in [1.54, 1.807) is 36.4 Å². The molecule has 9 nitrogen and oxygen atoms in total. The third-order valence-corrected chi connectivity index (χ3v) is 5.27. The van der Waals surface area contributed by atoms with Crippen molar-refractivity contribution in [1.82, 2.24) is 4.90 Å². The number of Topliss-reactive ketones (excluding diaryl/α,β-unsaturated/α-hetero) is 1. The van der Waals surface area contributed by atoms with E-state index < -0.39 is 28.4 Å². The number of ether oxygens (including phenoxy) is 1. The van der Waals surface area contributed by atoms with Gasteiger partial charge in [0, 0.05) is 24.2 Å². The van der Waals surface area contributed by atoms with Crippen molar-refractivity contribution in [2.24, 2.45) is 0 Å². The molecule has 0 aliphatic carbocycles. The topological polar surface area (TPSA) is 123 Å². The normalized spacial score (nSPS) is 17.4. The van der Waals surface area contributed by atoms with Crippen molar-refractivity contribution in [3.05, 3.63) is 99.5 Å². The Hall–Kier alpha value is -4.40. The minimum atomic E-state index is -0.995. The Kier molecular flexibility index (Phi) is 5.95. The summed E-state index contributed by atoms with van der Waals surface area (Å²) in [6.45, 7) is 2.47. The Labute approximate surface area is 188 Å². The number of carbonyl (C=O) groups excluding carboxylic acids is 2. The first-order valence-corrected chi connectivity index (χ1v) is 10.2. The van der Waals surface area contributed by atoms with Crippen molar-refractivity contribution in [1.29, 1.82) is 0 Å². The number of carbonyl (C=O) groups is 2. The molecule has 1 N–H and O–H groups in total. The summed E-state index contributed by atoms with van der Waals surface area (Å²) in [6, 6.07) is 14.6. The molecule has 1 aromatic heterocycles. The number of furan rings is 1. The first kappa shape index (κ1) is 21.8. The van der Waals surface area contributed by atoms with E-state index in [0.29, 0.717) is 12.4 Å². The average molecular weight is 448 g/mol. The molecule has 0 radical (unpaired) electrons.